The maximum Gasteiger partial charge on any atom is 0.245 e. The first-order valence-corrected chi connectivity index (χ1v) is 16.8. The van der Waals surface area contributed by atoms with Crippen molar-refractivity contribution in [3.8, 4) is 11.5 Å². The molecule has 4 aromatic rings. The van der Waals surface area contributed by atoms with Gasteiger partial charge in [0.15, 0.2) is 5.75 Å². The number of rotatable bonds is 11. The molecule has 1 aliphatic heterocycles. The van der Waals surface area contributed by atoms with Crippen LogP contribution >= 0.6 is 36.4 Å². The number of likely N-dealkylation sites (tertiary alicyclic amines) is 1. The molecule has 7 nitrogen and oxygen atoms in total. The first-order chi connectivity index (χ1) is 23.3. The monoisotopic (exact) mass is 738 g/mol. The minimum atomic E-state index is -0.527. The highest BCUT2D eigenvalue weighted by atomic mass is 35.5. The molecular weight excluding hydrogens is 698 g/mol. The van der Waals surface area contributed by atoms with Crippen LogP contribution in [0.15, 0.2) is 91.0 Å². The highest BCUT2D eigenvalue weighted by molar-refractivity contribution is 6.31. The van der Waals surface area contributed by atoms with Crippen molar-refractivity contribution < 1.29 is 18.7 Å². The molecule has 1 saturated heterocycles. The molecule has 4 aromatic carbocycles. The number of carbonyl (C=O) groups is 2. The highest BCUT2D eigenvalue weighted by Gasteiger charge is 2.38. The van der Waals surface area contributed by atoms with E-state index in [1.54, 1.807) is 36.4 Å². The van der Waals surface area contributed by atoms with Crippen molar-refractivity contribution in [2.45, 2.75) is 51.1 Å². The first kappa shape index (κ1) is 38.9. The van der Waals surface area contributed by atoms with E-state index in [4.69, 9.17) is 22.1 Å². The summed E-state index contributed by atoms with van der Waals surface area (Å²) in [5.41, 5.74) is 10.4. The van der Waals surface area contributed by atoms with E-state index in [1.807, 2.05) is 25.1 Å². The Balaban J connectivity index is 0.00000281. The number of ether oxygens (including phenoxy) is 1. The van der Waals surface area contributed by atoms with Gasteiger partial charge in [0.1, 0.15) is 11.6 Å². The number of fused-ring (bicyclic) bond motifs is 2. The zero-order chi connectivity index (χ0) is 33.7. The van der Waals surface area contributed by atoms with Gasteiger partial charge < -0.3 is 15.8 Å². The standard InChI is InChI=1S/C39H40ClFN4O3.2ClH/c1-2-6-37(46)43-25-29-11-13-31(23-34(29)41)45(35-14-12-30(40)22-36(35)48-32-9-5-7-27(21-32)24-42)38(47)26-44-19-17-39(18-20-44)16-15-28-8-3-4-10-33(28)39;;/h3-5,7-16,21-23H,2,6,17-20,24-26,42H2,1H3,(H,43,46);2*1H. The van der Waals surface area contributed by atoms with Crippen LogP contribution in [0.3, 0.4) is 0 Å². The molecule has 1 spiro atoms. The number of piperidine rings is 1. The second-order valence-electron chi connectivity index (χ2n) is 12.5. The number of hydrogen-bond acceptors (Lipinski definition) is 5. The van der Waals surface area contributed by atoms with Crippen LogP contribution in [-0.2, 0) is 28.1 Å². The van der Waals surface area contributed by atoms with Gasteiger partial charge in [-0.15, -0.1) is 24.8 Å². The van der Waals surface area contributed by atoms with Gasteiger partial charge in [-0.05, 0) is 85.4 Å². The summed E-state index contributed by atoms with van der Waals surface area (Å²) in [5, 5.41) is 3.19. The van der Waals surface area contributed by atoms with E-state index in [1.165, 1.54) is 22.1 Å². The van der Waals surface area contributed by atoms with Crippen LogP contribution in [0.4, 0.5) is 15.8 Å². The topological polar surface area (TPSA) is 87.9 Å². The van der Waals surface area contributed by atoms with Gasteiger partial charge >= 0.3 is 0 Å². The Morgan fingerprint density at radius 2 is 1.78 bits per heavy atom. The molecule has 3 N–H and O–H groups in total. The molecule has 0 atom stereocenters. The second-order valence-corrected chi connectivity index (χ2v) is 12.9. The Hall–Kier alpha value is -3.92. The van der Waals surface area contributed by atoms with Gasteiger partial charge in [0, 0.05) is 41.6 Å². The van der Waals surface area contributed by atoms with Crippen molar-refractivity contribution in [1.82, 2.24) is 10.2 Å². The van der Waals surface area contributed by atoms with E-state index >= 15 is 4.39 Å². The molecule has 0 unspecified atom stereocenters. The third kappa shape index (κ3) is 8.68. The van der Waals surface area contributed by atoms with Crippen molar-refractivity contribution in [3.05, 3.63) is 124 Å². The van der Waals surface area contributed by atoms with E-state index in [0.717, 1.165) is 31.5 Å². The molecule has 0 radical (unpaired) electrons. The van der Waals surface area contributed by atoms with E-state index in [2.05, 4.69) is 46.6 Å². The fourth-order valence-electron chi connectivity index (χ4n) is 6.61. The normalized spacial score (nSPS) is 14.3. The van der Waals surface area contributed by atoms with Gasteiger partial charge in [-0.1, -0.05) is 73.1 Å². The predicted molar refractivity (Wildman–Crippen MR) is 203 cm³/mol. The van der Waals surface area contributed by atoms with Gasteiger partial charge in [0.05, 0.1) is 17.9 Å². The lowest BCUT2D eigenvalue weighted by Gasteiger charge is -2.39. The Kier molecular flexibility index (Phi) is 13.5. The summed E-state index contributed by atoms with van der Waals surface area (Å²) < 4.78 is 21.9. The van der Waals surface area contributed by atoms with Crippen molar-refractivity contribution in [2.24, 2.45) is 5.73 Å². The third-order valence-electron chi connectivity index (χ3n) is 9.21. The summed E-state index contributed by atoms with van der Waals surface area (Å²) in [6.45, 7) is 3.91. The molecule has 50 heavy (non-hydrogen) atoms. The van der Waals surface area contributed by atoms with Crippen LogP contribution in [0.5, 0.6) is 11.5 Å². The SMILES string of the molecule is CCCC(=O)NCc1ccc(N(C(=O)CN2CCC3(C=Cc4ccccc43)CC2)c2ccc(Cl)cc2Oc2cccc(CN)c2)cc1F.Cl.Cl. The molecule has 11 heteroatoms. The second kappa shape index (κ2) is 17.3. The Bertz CT molecular complexity index is 1850. The number of nitrogens with one attached hydrogen (secondary N) is 1. The van der Waals surface area contributed by atoms with Crippen molar-refractivity contribution in [2.75, 3.05) is 24.5 Å². The minimum absolute atomic E-state index is 0. The third-order valence-corrected chi connectivity index (χ3v) is 9.44. The number of nitrogens with two attached hydrogens (primary N) is 1. The maximum absolute atomic E-state index is 15.6. The molecule has 1 aliphatic carbocycles. The van der Waals surface area contributed by atoms with Crippen molar-refractivity contribution in [1.29, 1.82) is 0 Å². The lowest BCUT2D eigenvalue weighted by Crippen LogP contribution is -2.45. The van der Waals surface area contributed by atoms with Crippen molar-refractivity contribution in [3.63, 3.8) is 0 Å². The van der Waals surface area contributed by atoms with Gasteiger partial charge in [-0.2, -0.15) is 0 Å². The van der Waals surface area contributed by atoms with Crippen LogP contribution in [-0.4, -0.2) is 36.3 Å². The largest absolute Gasteiger partial charge is 0.455 e. The maximum atomic E-state index is 15.6. The number of anilines is 2. The lowest BCUT2D eigenvalue weighted by molar-refractivity contribution is -0.121. The Morgan fingerprint density at radius 3 is 2.52 bits per heavy atom. The molecule has 0 aromatic heterocycles. The smallest absolute Gasteiger partial charge is 0.245 e. The summed E-state index contributed by atoms with van der Waals surface area (Å²) in [5.74, 6) is -0.0317. The molecule has 0 bridgehead atoms. The number of benzene rings is 4. The van der Waals surface area contributed by atoms with Crippen LogP contribution in [0.2, 0.25) is 5.02 Å². The number of carbonyl (C=O) groups excluding carboxylic acids is 2. The zero-order valence-electron chi connectivity index (χ0n) is 27.9. The number of nitrogens with zero attached hydrogens (tertiary/aromatic N) is 2. The van der Waals surface area contributed by atoms with Gasteiger partial charge in [0.2, 0.25) is 11.8 Å². The highest BCUT2D eigenvalue weighted by Crippen LogP contribution is 2.44. The van der Waals surface area contributed by atoms with E-state index in [-0.39, 0.29) is 55.1 Å². The molecule has 264 valence electrons. The van der Waals surface area contributed by atoms with Gasteiger partial charge in [-0.3, -0.25) is 19.4 Å². The molecule has 2 amide bonds. The number of hydrogen-bond donors (Lipinski definition) is 2. The molecular formula is C39H42Cl3FN4O3. The van der Waals surface area contributed by atoms with Gasteiger partial charge in [0.25, 0.3) is 0 Å². The molecule has 6 rings (SSSR count). The molecule has 1 fully saturated rings. The number of amides is 2. The zero-order valence-corrected chi connectivity index (χ0v) is 30.3. The fraction of sp³-hybridized carbons (Fsp3) is 0.282. The van der Waals surface area contributed by atoms with E-state index < -0.39 is 5.82 Å². The Labute approximate surface area is 310 Å². The fourth-order valence-corrected chi connectivity index (χ4v) is 6.77. The van der Waals surface area contributed by atoms with Crippen LogP contribution in [0.1, 0.15) is 54.9 Å². The van der Waals surface area contributed by atoms with Crippen LogP contribution in [0, 0.1) is 5.82 Å². The Morgan fingerprint density at radius 1 is 1.00 bits per heavy atom. The van der Waals surface area contributed by atoms with Crippen molar-refractivity contribution >= 4 is 65.7 Å². The summed E-state index contributed by atoms with van der Waals surface area (Å²) >= 11 is 6.44. The van der Waals surface area contributed by atoms with Gasteiger partial charge in [-0.25, -0.2) is 4.39 Å². The summed E-state index contributed by atoms with van der Waals surface area (Å²) in [6.07, 6.45) is 7.39. The molecule has 2 aliphatic rings. The summed E-state index contributed by atoms with van der Waals surface area (Å²) in [4.78, 5) is 30.1. The number of halogens is 4. The van der Waals surface area contributed by atoms with E-state index in [0.29, 0.717) is 52.8 Å². The van der Waals surface area contributed by atoms with Crippen LogP contribution in [0.25, 0.3) is 6.08 Å². The van der Waals surface area contributed by atoms with E-state index in [9.17, 15) is 9.59 Å². The first-order valence-electron chi connectivity index (χ1n) is 16.4. The summed E-state index contributed by atoms with van der Waals surface area (Å²) in [6, 6.07) is 25.6. The molecule has 1 heterocycles. The minimum Gasteiger partial charge on any atom is -0.455 e. The van der Waals surface area contributed by atoms with Crippen LogP contribution < -0.4 is 20.7 Å². The average Bonchev–Trinajstić information content (AvgIpc) is 3.44. The predicted octanol–water partition coefficient (Wildman–Crippen LogP) is 8.72. The lowest BCUT2D eigenvalue weighted by atomic mass is 9.74. The molecule has 0 saturated carbocycles. The number of allylic oxidation sites excluding steroid dienone is 1. The summed E-state index contributed by atoms with van der Waals surface area (Å²) in [7, 11) is 0. The average molecular weight is 740 g/mol. The quantitative estimate of drug-likeness (QED) is 0.161.